The smallest absolute Gasteiger partial charge is 0.327 e. The molecule has 0 spiro atoms. The van der Waals surface area contributed by atoms with E-state index in [0.29, 0.717) is 17.6 Å². The maximum atomic E-state index is 13.6. The number of rotatable bonds is 4. The van der Waals surface area contributed by atoms with E-state index in [1.807, 2.05) is 0 Å². The summed E-state index contributed by atoms with van der Waals surface area (Å²) in [6.07, 6.45) is 0. The molecule has 5 nitrogen and oxygen atoms in total. The lowest BCUT2D eigenvalue weighted by atomic mass is 10.1. The minimum Gasteiger partial charge on any atom is -0.466 e. The van der Waals surface area contributed by atoms with Crippen molar-refractivity contribution in [3.63, 3.8) is 0 Å². The Labute approximate surface area is 119 Å². The average Bonchev–Trinajstić information content (AvgIpc) is 2.66. The first-order valence-corrected chi connectivity index (χ1v) is 6.26. The van der Waals surface area contributed by atoms with Crippen molar-refractivity contribution in [1.29, 1.82) is 0 Å². The molecule has 0 aliphatic heterocycles. The Balaban J connectivity index is 2.39. The van der Waals surface area contributed by atoms with Crippen LogP contribution in [0, 0.1) is 35.6 Å². The zero-order valence-electron chi connectivity index (χ0n) is 11.7. The van der Waals surface area contributed by atoms with E-state index < -0.39 is 28.3 Å². The van der Waals surface area contributed by atoms with E-state index in [-0.39, 0.29) is 5.69 Å². The Morgan fingerprint density at radius 3 is 2.48 bits per heavy atom. The number of nitro groups is 1. The Hall–Kier alpha value is -2.44. The van der Waals surface area contributed by atoms with E-state index in [2.05, 4.69) is 5.32 Å². The van der Waals surface area contributed by atoms with E-state index in [0.717, 1.165) is 11.6 Å². The van der Waals surface area contributed by atoms with Gasteiger partial charge in [-0.2, -0.15) is 4.39 Å². The zero-order valence-corrected chi connectivity index (χ0v) is 11.7. The maximum absolute atomic E-state index is 13.6. The minimum absolute atomic E-state index is 0.205. The number of nitrogens with one attached hydrogen (secondary N) is 1. The number of halogens is 2. The van der Waals surface area contributed by atoms with Crippen molar-refractivity contribution in [1.82, 2.24) is 0 Å². The molecule has 0 radical (unpaired) electrons. The van der Waals surface area contributed by atoms with Crippen molar-refractivity contribution in [2.45, 2.75) is 26.8 Å². The summed E-state index contributed by atoms with van der Waals surface area (Å²) in [6.45, 7) is 5.25. The van der Waals surface area contributed by atoms with Gasteiger partial charge in [-0.15, -0.1) is 0 Å². The number of aryl methyl sites for hydroxylation is 2. The molecule has 2 rings (SSSR count). The molecule has 0 bridgehead atoms. The SMILES string of the molecule is Cc1cc(C(C)Nc2cc(F)cc(F)c2[N+](=O)[O-])c(C)o1. The summed E-state index contributed by atoms with van der Waals surface area (Å²) in [7, 11) is 0. The van der Waals surface area contributed by atoms with Crippen LogP contribution in [0.25, 0.3) is 0 Å². The molecule has 0 saturated heterocycles. The third-order valence-electron chi connectivity index (χ3n) is 3.13. The van der Waals surface area contributed by atoms with Crippen molar-refractivity contribution in [2.24, 2.45) is 0 Å². The van der Waals surface area contributed by atoms with Crippen LogP contribution < -0.4 is 5.32 Å². The van der Waals surface area contributed by atoms with Gasteiger partial charge in [0.1, 0.15) is 23.0 Å². The molecule has 1 aromatic carbocycles. The van der Waals surface area contributed by atoms with Crippen molar-refractivity contribution in [3.8, 4) is 0 Å². The fraction of sp³-hybridized carbons (Fsp3) is 0.286. The van der Waals surface area contributed by atoms with Gasteiger partial charge in [0.25, 0.3) is 0 Å². The summed E-state index contributed by atoms with van der Waals surface area (Å²) < 4.78 is 32.2. The molecule has 0 aliphatic rings. The molecular formula is C14H14F2N2O3. The summed E-state index contributed by atoms with van der Waals surface area (Å²) in [4.78, 5) is 10.0. The average molecular weight is 296 g/mol. The third-order valence-corrected chi connectivity index (χ3v) is 3.13. The zero-order chi connectivity index (χ0) is 15.7. The molecule has 112 valence electrons. The summed E-state index contributed by atoms with van der Waals surface area (Å²) >= 11 is 0. The molecule has 2 aromatic rings. The van der Waals surface area contributed by atoms with Gasteiger partial charge in [0.15, 0.2) is 0 Å². The van der Waals surface area contributed by atoms with Gasteiger partial charge in [0.2, 0.25) is 5.82 Å². The van der Waals surface area contributed by atoms with Crippen molar-refractivity contribution >= 4 is 11.4 Å². The number of anilines is 1. The Kier molecular flexibility index (Phi) is 3.93. The minimum atomic E-state index is -1.21. The molecule has 1 heterocycles. The molecule has 1 unspecified atom stereocenters. The van der Waals surface area contributed by atoms with Gasteiger partial charge in [-0.1, -0.05) is 0 Å². The highest BCUT2D eigenvalue weighted by Gasteiger charge is 2.24. The Morgan fingerprint density at radius 2 is 1.95 bits per heavy atom. The number of nitrogens with zero attached hydrogens (tertiary/aromatic N) is 1. The van der Waals surface area contributed by atoms with Gasteiger partial charge in [-0.05, 0) is 26.8 Å². The highest BCUT2D eigenvalue weighted by Crippen LogP contribution is 2.32. The van der Waals surface area contributed by atoms with E-state index in [1.165, 1.54) is 0 Å². The number of hydrogen-bond donors (Lipinski definition) is 1. The first-order chi connectivity index (χ1) is 9.79. The molecule has 0 saturated carbocycles. The monoisotopic (exact) mass is 296 g/mol. The second-order valence-corrected chi connectivity index (χ2v) is 4.78. The van der Waals surface area contributed by atoms with E-state index >= 15 is 0 Å². The first-order valence-electron chi connectivity index (χ1n) is 6.26. The lowest BCUT2D eigenvalue weighted by molar-refractivity contribution is -0.386. The Bertz CT molecular complexity index is 698. The molecule has 0 amide bonds. The molecule has 1 atom stereocenters. The molecule has 1 N–H and O–H groups in total. The van der Waals surface area contributed by atoms with Crippen LogP contribution in [0.4, 0.5) is 20.2 Å². The van der Waals surface area contributed by atoms with Gasteiger partial charge < -0.3 is 9.73 Å². The molecule has 1 aromatic heterocycles. The predicted molar refractivity (Wildman–Crippen MR) is 73.2 cm³/mol. The summed E-state index contributed by atoms with van der Waals surface area (Å²) in [5.41, 5.74) is -0.212. The normalized spacial score (nSPS) is 12.2. The quantitative estimate of drug-likeness (QED) is 0.676. The molecule has 0 fully saturated rings. The van der Waals surface area contributed by atoms with Gasteiger partial charge in [-0.25, -0.2) is 4.39 Å². The predicted octanol–water partition coefficient (Wildman–Crippen LogP) is 4.26. The van der Waals surface area contributed by atoms with Gasteiger partial charge >= 0.3 is 5.69 Å². The third kappa shape index (κ3) is 3.01. The van der Waals surface area contributed by atoms with Crippen molar-refractivity contribution in [3.05, 3.63) is 57.0 Å². The Morgan fingerprint density at radius 1 is 1.29 bits per heavy atom. The van der Waals surface area contributed by atoms with Crippen LogP contribution >= 0.6 is 0 Å². The van der Waals surface area contributed by atoms with E-state index in [9.17, 15) is 18.9 Å². The van der Waals surface area contributed by atoms with Crippen LogP contribution in [0.2, 0.25) is 0 Å². The molecule has 0 aliphatic carbocycles. The van der Waals surface area contributed by atoms with E-state index in [4.69, 9.17) is 4.42 Å². The van der Waals surface area contributed by atoms with Gasteiger partial charge in [0, 0.05) is 17.7 Å². The van der Waals surface area contributed by atoms with Crippen LogP contribution in [0.15, 0.2) is 22.6 Å². The lowest BCUT2D eigenvalue weighted by Gasteiger charge is -2.15. The van der Waals surface area contributed by atoms with Gasteiger partial charge in [0.05, 0.1) is 11.0 Å². The first kappa shape index (κ1) is 15.0. The number of nitro benzene ring substituents is 1. The highest BCUT2D eigenvalue weighted by atomic mass is 19.1. The van der Waals surface area contributed by atoms with Gasteiger partial charge in [-0.3, -0.25) is 10.1 Å². The van der Waals surface area contributed by atoms with Crippen LogP contribution in [0.1, 0.15) is 30.0 Å². The molecule has 7 heteroatoms. The lowest BCUT2D eigenvalue weighted by Crippen LogP contribution is -2.10. The summed E-state index contributed by atoms with van der Waals surface area (Å²) in [6, 6.07) is 2.76. The van der Waals surface area contributed by atoms with Crippen molar-refractivity contribution in [2.75, 3.05) is 5.32 Å². The number of benzene rings is 1. The summed E-state index contributed by atoms with van der Waals surface area (Å²) in [5, 5.41) is 13.7. The van der Waals surface area contributed by atoms with Crippen molar-refractivity contribution < 1.29 is 18.1 Å². The number of furan rings is 1. The van der Waals surface area contributed by atoms with E-state index in [1.54, 1.807) is 26.8 Å². The van der Waals surface area contributed by atoms with Crippen LogP contribution in [0.5, 0.6) is 0 Å². The van der Waals surface area contributed by atoms with Crippen LogP contribution in [-0.2, 0) is 0 Å². The van der Waals surface area contributed by atoms with Crippen LogP contribution in [0.3, 0.4) is 0 Å². The summed E-state index contributed by atoms with van der Waals surface area (Å²) in [5.74, 6) is -0.759. The van der Waals surface area contributed by atoms with Crippen LogP contribution in [-0.4, -0.2) is 4.92 Å². The fourth-order valence-electron chi connectivity index (χ4n) is 2.25. The standard InChI is InChI=1S/C14H14F2N2O3/c1-7-4-11(9(3)21-7)8(2)17-13-6-10(15)5-12(16)14(13)18(19)20/h4-6,8,17H,1-3H3. The second-order valence-electron chi connectivity index (χ2n) is 4.78. The molecular weight excluding hydrogens is 282 g/mol. The largest absolute Gasteiger partial charge is 0.466 e. The highest BCUT2D eigenvalue weighted by molar-refractivity contribution is 5.63. The number of hydrogen-bond acceptors (Lipinski definition) is 4. The fourth-order valence-corrected chi connectivity index (χ4v) is 2.25. The molecule has 21 heavy (non-hydrogen) atoms. The second kappa shape index (κ2) is 5.51. The maximum Gasteiger partial charge on any atom is 0.327 e. The topological polar surface area (TPSA) is 68.3 Å².